The Kier molecular flexibility index (Phi) is 7.45. The molecule has 0 N–H and O–H groups in total. The molecule has 2 unspecified atom stereocenters. The van der Waals surface area contributed by atoms with Gasteiger partial charge in [-0.05, 0) is 35.5 Å². The molecule has 0 aliphatic carbocycles. The van der Waals surface area contributed by atoms with Crippen molar-refractivity contribution >= 4 is 11.9 Å². The van der Waals surface area contributed by atoms with Gasteiger partial charge in [-0.25, -0.2) is 0 Å². The summed E-state index contributed by atoms with van der Waals surface area (Å²) in [5, 5.41) is 0. The van der Waals surface area contributed by atoms with Gasteiger partial charge < -0.3 is 9.64 Å². The van der Waals surface area contributed by atoms with E-state index in [0.717, 1.165) is 25.8 Å². The molecule has 0 saturated carbocycles. The Bertz CT molecular complexity index is 563. The van der Waals surface area contributed by atoms with Gasteiger partial charge >= 0.3 is 5.97 Å². The van der Waals surface area contributed by atoms with E-state index in [1.54, 1.807) is 0 Å². The molecule has 4 nitrogen and oxygen atoms in total. The Balaban J connectivity index is 3.22. The molecule has 28 heavy (non-hydrogen) atoms. The predicted molar refractivity (Wildman–Crippen MR) is 116 cm³/mol. The second-order valence-electron chi connectivity index (χ2n) is 12.2. The number of amides is 1. The topological polar surface area (TPSA) is 46.6 Å². The molecule has 4 heteroatoms. The molecule has 1 aliphatic rings. The summed E-state index contributed by atoms with van der Waals surface area (Å²) in [5.41, 5.74) is -0.312. The molecular weight excluding hydrogens is 350 g/mol. The molecule has 1 aliphatic heterocycles. The lowest BCUT2D eigenvalue weighted by Gasteiger charge is -2.51. The summed E-state index contributed by atoms with van der Waals surface area (Å²) in [4.78, 5) is 26.5. The van der Waals surface area contributed by atoms with Crippen molar-refractivity contribution in [2.75, 3.05) is 6.54 Å². The van der Waals surface area contributed by atoms with Crippen molar-refractivity contribution in [2.45, 2.75) is 114 Å². The first-order valence-corrected chi connectivity index (χ1v) is 10.9. The number of esters is 1. The molecule has 0 bridgehead atoms. The number of rotatable bonds is 7. The lowest BCUT2D eigenvalue weighted by Crippen LogP contribution is -2.52. The molecule has 0 aromatic carbocycles. The highest BCUT2D eigenvalue weighted by molar-refractivity contribution is 5.78. The van der Waals surface area contributed by atoms with Gasteiger partial charge in [0.25, 0.3) is 0 Å². The highest BCUT2D eigenvalue weighted by Gasteiger charge is 2.49. The van der Waals surface area contributed by atoms with E-state index < -0.39 is 0 Å². The minimum atomic E-state index is -0.238. The molecule has 1 saturated heterocycles. The van der Waals surface area contributed by atoms with Crippen LogP contribution in [-0.4, -0.2) is 35.5 Å². The molecule has 0 spiro atoms. The fraction of sp³-hybridized carbons (Fsp3) is 0.917. The van der Waals surface area contributed by atoms with Crippen molar-refractivity contribution in [3.63, 3.8) is 0 Å². The van der Waals surface area contributed by atoms with Crippen LogP contribution in [0.15, 0.2) is 0 Å². The van der Waals surface area contributed by atoms with Crippen LogP contribution in [0.3, 0.4) is 0 Å². The van der Waals surface area contributed by atoms with E-state index in [1.165, 1.54) is 6.92 Å². The Labute approximate surface area is 173 Å². The van der Waals surface area contributed by atoms with E-state index in [-0.39, 0.29) is 45.7 Å². The van der Waals surface area contributed by atoms with Crippen LogP contribution in [0.2, 0.25) is 0 Å². The molecule has 2 atom stereocenters. The number of hydrogen-bond donors (Lipinski definition) is 0. The monoisotopic (exact) mass is 395 g/mol. The second-order valence-corrected chi connectivity index (χ2v) is 12.2. The zero-order valence-corrected chi connectivity index (χ0v) is 20.4. The van der Waals surface area contributed by atoms with Gasteiger partial charge in [-0.15, -0.1) is 0 Å². The molecule has 1 fully saturated rings. The van der Waals surface area contributed by atoms with Gasteiger partial charge in [0.1, 0.15) is 6.10 Å². The quantitative estimate of drug-likeness (QED) is 0.509. The van der Waals surface area contributed by atoms with Crippen molar-refractivity contribution in [1.82, 2.24) is 4.90 Å². The highest BCUT2D eigenvalue weighted by Crippen LogP contribution is 2.50. The van der Waals surface area contributed by atoms with Crippen molar-refractivity contribution in [2.24, 2.45) is 21.7 Å². The van der Waals surface area contributed by atoms with Crippen molar-refractivity contribution in [1.29, 1.82) is 0 Å². The van der Waals surface area contributed by atoms with E-state index >= 15 is 0 Å². The molecule has 0 aromatic rings. The average Bonchev–Trinajstić information content (AvgIpc) is 2.86. The summed E-state index contributed by atoms with van der Waals surface area (Å²) in [6.45, 7) is 24.6. The maximum absolute atomic E-state index is 12.5. The molecule has 1 heterocycles. The summed E-state index contributed by atoms with van der Waals surface area (Å²) in [5.74, 6) is 0.0555. The molecule has 0 radical (unpaired) electrons. The van der Waals surface area contributed by atoms with Gasteiger partial charge in [0.05, 0.1) is 0 Å². The zero-order valence-electron chi connectivity index (χ0n) is 20.4. The number of carbonyl (C=O) groups excluding carboxylic acids is 2. The molecule has 164 valence electrons. The maximum atomic E-state index is 12.5. The van der Waals surface area contributed by atoms with Crippen LogP contribution in [-0.2, 0) is 14.3 Å². The third-order valence-corrected chi connectivity index (χ3v) is 6.84. The fourth-order valence-corrected chi connectivity index (χ4v) is 4.27. The van der Waals surface area contributed by atoms with Gasteiger partial charge in [-0.1, -0.05) is 69.2 Å². The van der Waals surface area contributed by atoms with E-state index in [4.69, 9.17) is 4.74 Å². The van der Waals surface area contributed by atoms with Gasteiger partial charge in [-0.3, -0.25) is 9.59 Å². The van der Waals surface area contributed by atoms with Crippen molar-refractivity contribution in [3.8, 4) is 0 Å². The van der Waals surface area contributed by atoms with E-state index in [9.17, 15) is 9.59 Å². The van der Waals surface area contributed by atoms with Crippen LogP contribution in [0, 0.1) is 21.7 Å². The summed E-state index contributed by atoms with van der Waals surface area (Å²) in [7, 11) is 0. The summed E-state index contributed by atoms with van der Waals surface area (Å²) < 4.78 is 5.87. The smallest absolute Gasteiger partial charge is 0.302 e. The number of hydrogen-bond acceptors (Lipinski definition) is 3. The lowest BCUT2D eigenvalue weighted by atomic mass is 9.58. The van der Waals surface area contributed by atoms with Gasteiger partial charge in [-0.2, -0.15) is 0 Å². The second kappa shape index (κ2) is 8.36. The zero-order chi connectivity index (χ0) is 22.1. The summed E-state index contributed by atoms with van der Waals surface area (Å²) in [6.07, 6.45) is 3.14. The fourth-order valence-electron chi connectivity index (χ4n) is 4.27. The van der Waals surface area contributed by atoms with Crippen LogP contribution in [0.4, 0.5) is 0 Å². The normalized spacial score (nSPS) is 19.0. The first kappa shape index (κ1) is 25.0. The standard InChI is InChI=1S/C24H45NO3/c1-17(26)28-19(16-21(2,3)4)24(10,11)23(8,9)15-18(22(5,6)7)25-14-12-13-20(25)27/h18-19H,12-16H2,1-11H3. The Hall–Kier alpha value is -1.06. The van der Waals surface area contributed by atoms with E-state index in [0.29, 0.717) is 6.42 Å². The van der Waals surface area contributed by atoms with E-state index in [1.807, 2.05) is 0 Å². The average molecular weight is 396 g/mol. The van der Waals surface area contributed by atoms with Crippen LogP contribution in [0.1, 0.15) is 102 Å². The minimum absolute atomic E-state index is 0.00565. The van der Waals surface area contributed by atoms with Gasteiger partial charge in [0.15, 0.2) is 0 Å². The van der Waals surface area contributed by atoms with Crippen LogP contribution in [0.25, 0.3) is 0 Å². The van der Waals surface area contributed by atoms with Crippen LogP contribution < -0.4 is 0 Å². The molecular formula is C24H45NO3. The van der Waals surface area contributed by atoms with Gasteiger partial charge in [0, 0.05) is 31.3 Å². The predicted octanol–water partition coefficient (Wildman–Crippen LogP) is 5.83. The molecule has 0 aromatic heterocycles. The first-order valence-electron chi connectivity index (χ1n) is 10.9. The number of carbonyl (C=O) groups is 2. The summed E-state index contributed by atoms with van der Waals surface area (Å²) >= 11 is 0. The van der Waals surface area contributed by atoms with Crippen molar-refractivity contribution in [3.05, 3.63) is 0 Å². The van der Waals surface area contributed by atoms with Crippen LogP contribution in [0.5, 0.6) is 0 Å². The Morgan fingerprint density at radius 1 is 1.00 bits per heavy atom. The third-order valence-electron chi connectivity index (χ3n) is 6.84. The highest BCUT2D eigenvalue weighted by atomic mass is 16.5. The largest absolute Gasteiger partial charge is 0.462 e. The lowest BCUT2D eigenvalue weighted by molar-refractivity contribution is -0.163. The van der Waals surface area contributed by atoms with E-state index in [2.05, 4.69) is 74.1 Å². The number of nitrogens with zero attached hydrogens (tertiary/aromatic N) is 1. The maximum Gasteiger partial charge on any atom is 0.302 e. The van der Waals surface area contributed by atoms with Gasteiger partial charge in [0.2, 0.25) is 5.91 Å². The first-order chi connectivity index (χ1) is 12.4. The Morgan fingerprint density at radius 2 is 1.54 bits per heavy atom. The number of likely N-dealkylation sites (tertiary alicyclic amines) is 1. The minimum Gasteiger partial charge on any atom is -0.462 e. The summed E-state index contributed by atoms with van der Waals surface area (Å²) in [6, 6.07) is 0.171. The SMILES string of the molecule is CC(=O)OC(CC(C)(C)C)C(C)(C)C(C)(C)CC(N1CCCC1=O)C(C)(C)C. The third kappa shape index (κ3) is 6.22. The van der Waals surface area contributed by atoms with Crippen LogP contribution >= 0.6 is 0 Å². The molecule has 1 rings (SSSR count). The number of ether oxygens (including phenoxy) is 1. The Morgan fingerprint density at radius 3 is 1.89 bits per heavy atom. The molecule has 1 amide bonds. The van der Waals surface area contributed by atoms with Crippen molar-refractivity contribution < 1.29 is 14.3 Å².